The van der Waals surface area contributed by atoms with Crippen molar-refractivity contribution in [3.05, 3.63) is 58.1 Å². The third-order valence-corrected chi connectivity index (χ3v) is 5.13. The van der Waals surface area contributed by atoms with Crippen LogP contribution >= 0.6 is 28.1 Å². The molecule has 31 heavy (non-hydrogen) atoms. The molecule has 0 bridgehead atoms. The fraction of sp³-hybridized carbons (Fsp3) is 0.318. The number of ether oxygens (including phenoxy) is 2. The van der Waals surface area contributed by atoms with Crippen LogP contribution in [0.15, 0.2) is 46.9 Å². The van der Waals surface area contributed by atoms with Gasteiger partial charge in [0.25, 0.3) is 5.91 Å². The van der Waals surface area contributed by atoms with E-state index in [1.807, 2.05) is 24.3 Å². The van der Waals surface area contributed by atoms with E-state index in [4.69, 9.17) is 21.7 Å². The molecule has 0 unspecified atom stereocenters. The van der Waals surface area contributed by atoms with E-state index in [-0.39, 0.29) is 16.9 Å². The van der Waals surface area contributed by atoms with Gasteiger partial charge in [-0.1, -0.05) is 12.1 Å². The van der Waals surface area contributed by atoms with Crippen molar-refractivity contribution in [2.45, 2.75) is 12.8 Å². The SMILES string of the molecule is COCCOc1ccc(C(=O)NC(=S)Nc2ccc(CCC(=O)N(C)C)cc2)cc1Br. The van der Waals surface area contributed by atoms with Crippen LogP contribution in [-0.4, -0.2) is 56.2 Å². The lowest BCUT2D eigenvalue weighted by atomic mass is 10.1. The molecule has 0 heterocycles. The number of benzene rings is 2. The van der Waals surface area contributed by atoms with Gasteiger partial charge in [0.05, 0.1) is 11.1 Å². The Kier molecular flexibility index (Phi) is 9.90. The number of thiocarbonyl (C=S) groups is 1. The first-order chi connectivity index (χ1) is 14.8. The highest BCUT2D eigenvalue weighted by atomic mass is 79.9. The van der Waals surface area contributed by atoms with Gasteiger partial charge >= 0.3 is 0 Å². The minimum atomic E-state index is -0.333. The monoisotopic (exact) mass is 507 g/mol. The largest absolute Gasteiger partial charge is 0.490 e. The topological polar surface area (TPSA) is 79.9 Å². The van der Waals surface area contributed by atoms with Crippen LogP contribution in [0.1, 0.15) is 22.3 Å². The van der Waals surface area contributed by atoms with Gasteiger partial charge in [0.1, 0.15) is 12.4 Å². The zero-order valence-electron chi connectivity index (χ0n) is 17.7. The van der Waals surface area contributed by atoms with E-state index >= 15 is 0 Å². The van der Waals surface area contributed by atoms with Crippen LogP contribution < -0.4 is 15.4 Å². The Morgan fingerprint density at radius 2 is 1.81 bits per heavy atom. The first kappa shape index (κ1) is 24.8. The van der Waals surface area contributed by atoms with Crippen molar-refractivity contribution in [3.8, 4) is 5.75 Å². The number of amides is 2. The first-order valence-electron chi connectivity index (χ1n) is 9.63. The number of halogens is 1. The maximum absolute atomic E-state index is 12.5. The second-order valence-corrected chi connectivity index (χ2v) is 8.14. The summed E-state index contributed by atoms with van der Waals surface area (Å²) >= 11 is 8.65. The van der Waals surface area contributed by atoms with Gasteiger partial charge in [0.15, 0.2) is 5.11 Å². The van der Waals surface area contributed by atoms with Crippen molar-refractivity contribution < 1.29 is 19.1 Å². The normalized spacial score (nSPS) is 10.3. The zero-order valence-corrected chi connectivity index (χ0v) is 20.1. The van der Waals surface area contributed by atoms with Crippen LogP contribution in [0.25, 0.3) is 0 Å². The first-order valence-corrected chi connectivity index (χ1v) is 10.8. The number of nitrogens with zero attached hydrogens (tertiary/aromatic N) is 1. The van der Waals surface area contributed by atoms with Crippen LogP contribution in [0.5, 0.6) is 5.75 Å². The molecule has 9 heteroatoms. The van der Waals surface area contributed by atoms with Crippen LogP contribution in [0.2, 0.25) is 0 Å². The highest BCUT2D eigenvalue weighted by Crippen LogP contribution is 2.26. The molecule has 2 aromatic carbocycles. The van der Waals surface area contributed by atoms with Crippen LogP contribution in [0.4, 0.5) is 5.69 Å². The van der Waals surface area contributed by atoms with E-state index in [1.165, 1.54) is 0 Å². The number of methoxy groups -OCH3 is 1. The van der Waals surface area contributed by atoms with Crippen molar-refractivity contribution in [2.24, 2.45) is 0 Å². The van der Waals surface area contributed by atoms with E-state index in [0.717, 1.165) is 11.3 Å². The zero-order chi connectivity index (χ0) is 22.8. The van der Waals surface area contributed by atoms with Crippen molar-refractivity contribution >= 4 is 50.8 Å². The van der Waals surface area contributed by atoms with Gasteiger partial charge in [-0.3, -0.25) is 14.9 Å². The molecule has 0 aliphatic rings. The number of rotatable bonds is 9. The number of hydrogen-bond donors (Lipinski definition) is 2. The van der Waals surface area contributed by atoms with Crippen molar-refractivity contribution in [3.63, 3.8) is 0 Å². The van der Waals surface area contributed by atoms with Crippen LogP contribution in [-0.2, 0) is 16.0 Å². The van der Waals surface area contributed by atoms with Gasteiger partial charge in [-0.25, -0.2) is 0 Å². The Morgan fingerprint density at radius 1 is 1.10 bits per heavy atom. The number of hydrogen-bond acceptors (Lipinski definition) is 5. The summed E-state index contributed by atoms with van der Waals surface area (Å²) in [5.41, 5.74) is 2.24. The number of aryl methyl sites for hydroxylation is 1. The molecule has 0 aromatic heterocycles. The molecule has 2 amide bonds. The van der Waals surface area contributed by atoms with Gasteiger partial charge in [-0.2, -0.15) is 0 Å². The summed E-state index contributed by atoms with van der Waals surface area (Å²) in [7, 11) is 5.09. The molecule has 0 spiro atoms. The highest BCUT2D eigenvalue weighted by Gasteiger charge is 2.11. The number of anilines is 1. The molecule has 2 N–H and O–H groups in total. The van der Waals surface area contributed by atoms with E-state index in [0.29, 0.717) is 41.8 Å². The van der Waals surface area contributed by atoms with E-state index in [1.54, 1.807) is 44.3 Å². The maximum atomic E-state index is 12.5. The molecular formula is C22H26BrN3O4S. The molecule has 0 fully saturated rings. The van der Waals surface area contributed by atoms with E-state index in [9.17, 15) is 9.59 Å². The van der Waals surface area contributed by atoms with E-state index in [2.05, 4.69) is 26.6 Å². The second kappa shape index (κ2) is 12.4. The Balaban J connectivity index is 1.87. The third kappa shape index (κ3) is 8.28. The molecule has 166 valence electrons. The van der Waals surface area contributed by atoms with Gasteiger partial charge < -0.3 is 19.7 Å². The lowest BCUT2D eigenvalue weighted by Crippen LogP contribution is -2.34. The molecule has 0 saturated heterocycles. The molecule has 2 aromatic rings. The molecule has 7 nitrogen and oxygen atoms in total. The molecule has 0 aliphatic carbocycles. The summed E-state index contributed by atoms with van der Waals surface area (Å²) in [6.07, 6.45) is 1.12. The summed E-state index contributed by atoms with van der Waals surface area (Å²) in [6.45, 7) is 0.892. The predicted octanol–water partition coefficient (Wildman–Crippen LogP) is 3.62. The minimum absolute atomic E-state index is 0.0901. The average Bonchev–Trinajstić information content (AvgIpc) is 2.74. The molecule has 0 aliphatic heterocycles. The standard InChI is InChI=1S/C22H26BrN3O4S/c1-26(2)20(27)11-6-15-4-8-17(9-5-15)24-22(31)25-21(28)16-7-10-19(18(23)14-16)30-13-12-29-3/h4-5,7-10,14H,6,11-13H2,1-3H3,(H2,24,25,28,31). The number of carbonyl (C=O) groups excluding carboxylic acids is 2. The van der Waals surface area contributed by atoms with Crippen LogP contribution in [0, 0.1) is 0 Å². The van der Waals surface area contributed by atoms with Gasteiger partial charge in [0.2, 0.25) is 5.91 Å². The second-order valence-electron chi connectivity index (χ2n) is 6.88. The number of carbonyl (C=O) groups is 2. The minimum Gasteiger partial charge on any atom is -0.490 e. The Bertz CT molecular complexity index is 919. The molecule has 0 saturated carbocycles. The van der Waals surface area contributed by atoms with E-state index < -0.39 is 0 Å². The van der Waals surface area contributed by atoms with Gasteiger partial charge in [-0.15, -0.1) is 0 Å². The van der Waals surface area contributed by atoms with Crippen molar-refractivity contribution in [1.82, 2.24) is 10.2 Å². The Labute approximate surface area is 196 Å². The summed E-state index contributed by atoms with van der Waals surface area (Å²) in [4.78, 5) is 25.7. The van der Waals surface area contributed by atoms with Crippen molar-refractivity contribution in [1.29, 1.82) is 0 Å². The lowest BCUT2D eigenvalue weighted by molar-refractivity contribution is -0.128. The smallest absolute Gasteiger partial charge is 0.257 e. The molecular weight excluding hydrogens is 482 g/mol. The fourth-order valence-electron chi connectivity index (χ4n) is 2.56. The maximum Gasteiger partial charge on any atom is 0.257 e. The lowest BCUT2D eigenvalue weighted by Gasteiger charge is -2.12. The predicted molar refractivity (Wildman–Crippen MR) is 129 cm³/mol. The number of nitrogens with one attached hydrogen (secondary N) is 2. The third-order valence-electron chi connectivity index (χ3n) is 4.30. The summed E-state index contributed by atoms with van der Waals surface area (Å²) in [5, 5.41) is 5.84. The molecule has 2 rings (SSSR count). The summed E-state index contributed by atoms with van der Waals surface area (Å²) in [5.74, 6) is 0.384. The molecule has 0 atom stereocenters. The highest BCUT2D eigenvalue weighted by molar-refractivity contribution is 9.10. The quantitative estimate of drug-likeness (QED) is 0.398. The average molecular weight is 508 g/mol. The van der Waals surface area contributed by atoms with Crippen molar-refractivity contribution in [2.75, 3.05) is 39.7 Å². The summed E-state index contributed by atoms with van der Waals surface area (Å²) < 4.78 is 11.2. The van der Waals surface area contributed by atoms with Gasteiger partial charge in [0, 0.05) is 38.9 Å². The Morgan fingerprint density at radius 3 is 2.42 bits per heavy atom. The summed E-state index contributed by atoms with van der Waals surface area (Å²) in [6, 6.07) is 12.6. The van der Waals surface area contributed by atoms with Crippen LogP contribution in [0.3, 0.4) is 0 Å². The fourth-order valence-corrected chi connectivity index (χ4v) is 3.27. The van der Waals surface area contributed by atoms with Gasteiger partial charge in [-0.05, 0) is 70.5 Å². The Hall–Kier alpha value is -2.49. The molecule has 0 radical (unpaired) electrons.